The number of imide groups is 1. The van der Waals surface area contributed by atoms with Crippen molar-refractivity contribution in [3.8, 4) is 17.6 Å². The van der Waals surface area contributed by atoms with E-state index >= 15 is 0 Å². The van der Waals surface area contributed by atoms with Crippen LogP contribution in [0.15, 0.2) is 36.4 Å². The van der Waals surface area contributed by atoms with Crippen molar-refractivity contribution in [2.24, 2.45) is 0 Å². The molecule has 0 spiro atoms. The molecule has 1 atom stereocenters. The molecule has 0 aliphatic carbocycles. The molecule has 1 fully saturated rings. The van der Waals surface area contributed by atoms with Crippen LogP contribution in [0.4, 0.5) is 10.5 Å². The molecule has 1 saturated heterocycles. The van der Waals surface area contributed by atoms with Crippen molar-refractivity contribution >= 4 is 35.1 Å². The minimum absolute atomic E-state index is 0.252. The number of carbonyl (C=O) groups excluding carboxylic acids is 3. The average molecular weight is 443 g/mol. The lowest BCUT2D eigenvalue weighted by Crippen LogP contribution is -2.42. The number of anilines is 1. The third kappa shape index (κ3) is 4.11. The Balaban J connectivity index is 1.78. The number of nitrogens with zero attached hydrogens (tertiary/aromatic N) is 2. The Kier molecular flexibility index (Phi) is 6.04. The monoisotopic (exact) mass is 442 g/mol. The molecule has 2 N–H and O–H groups in total. The lowest BCUT2D eigenvalue weighted by molar-refractivity contribution is -0.133. The number of carbonyl (C=O) groups is 3. The van der Waals surface area contributed by atoms with E-state index in [0.717, 1.165) is 4.90 Å². The smallest absolute Gasteiger partial charge is 0.325 e. The van der Waals surface area contributed by atoms with Gasteiger partial charge in [-0.25, -0.2) is 4.79 Å². The quantitative estimate of drug-likeness (QED) is 0.663. The maximum Gasteiger partial charge on any atom is 0.325 e. The molecule has 0 bridgehead atoms. The topological polar surface area (TPSA) is 121 Å². The Morgan fingerprint density at radius 1 is 1.19 bits per heavy atom. The molecule has 0 saturated carbocycles. The van der Waals surface area contributed by atoms with Crippen molar-refractivity contribution in [3.63, 3.8) is 0 Å². The van der Waals surface area contributed by atoms with Gasteiger partial charge in [-0.05, 0) is 30.7 Å². The van der Waals surface area contributed by atoms with Crippen LogP contribution in [0.5, 0.6) is 11.5 Å². The number of halogens is 1. The van der Waals surface area contributed by atoms with Gasteiger partial charge >= 0.3 is 6.03 Å². The van der Waals surface area contributed by atoms with Crippen LogP contribution >= 0.6 is 11.6 Å². The van der Waals surface area contributed by atoms with E-state index in [1.165, 1.54) is 26.4 Å². The Hall–Kier alpha value is -3.77. The summed E-state index contributed by atoms with van der Waals surface area (Å²) < 4.78 is 10.3. The summed E-state index contributed by atoms with van der Waals surface area (Å²) in [6, 6.07) is 10.5. The number of methoxy groups -OCH3 is 2. The van der Waals surface area contributed by atoms with Crippen molar-refractivity contribution in [2.45, 2.75) is 12.5 Å². The van der Waals surface area contributed by atoms with E-state index < -0.39 is 29.9 Å². The average Bonchev–Trinajstić information content (AvgIpc) is 2.97. The highest BCUT2D eigenvalue weighted by atomic mass is 35.5. The molecule has 1 aliphatic heterocycles. The zero-order chi connectivity index (χ0) is 22.8. The summed E-state index contributed by atoms with van der Waals surface area (Å²) in [5.74, 6) is -0.540. The van der Waals surface area contributed by atoms with E-state index in [4.69, 9.17) is 26.3 Å². The molecule has 160 valence electrons. The van der Waals surface area contributed by atoms with Crippen LogP contribution in [0.1, 0.15) is 18.1 Å². The first-order chi connectivity index (χ1) is 14.7. The minimum atomic E-state index is -1.35. The Morgan fingerprint density at radius 2 is 1.84 bits per heavy atom. The second-order valence-corrected chi connectivity index (χ2v) is 7.28. The van der Waals surface area contributed by atoms with Crippen LogP contribution in [0.2, 0.25) is 5.02 Å². The second-order valence-electron chi connectivity index (χ2n) is 6.87. The number of nitrogens with one attached hydrogen (secondary N) is 2. The first-order valence-electron chi connectivity index (χ1n) is 9.09. The summed E-state index contributed by atoms with van der Waals surface area (Å²) in [7, 11) is 2.86. The molecule has 3 rings (SSSR count). The number of amides is 4. The maximum absolute atomic E-state index is 13.0. The molecule has 1 heterocycles. The van der Waals surface area contributed by atoms with Crippen LogP contribution in [0.25, 0.3) is 0 Å². The van der Waals surface area contributed by atoms with E-state index in [2.05, 4.69) is 10.6 Å². The SMILES string of the molecule is COc1cc(OC)c(NC(=O)CN2C(=O)NC(C)(c3ccc(C#N)cc3)C2=O)cc1Cl. The highest BCUT2D eigenvalue weighted by Crippen LogP contribution is 2.36. The fraction of sp³-hybridized carbons (Fsp3) is 0.238. The summed E-state index contributed by atoms with van der Waals surface area (Å²) >= 11 is 6.10. The number of hydrogen-bond acceptors (Lipinski definition) is 6. The van der Waals surface area contributed by atoms with Crippen LogP contribution < -0.4 is 20.1 Å². The van der Waals surface area contributed by atoms with Crippen LogP contribution in [0, 0.1) is 11.3 Å². The standard InChI is InChI=1S/C21H19ClN4O5/c1-21(13-6-4-12(10-23)5-7-13)19(28)26(20(29)25-21)11-18(27)24-15-8-14(22)16(30-2)9-17(15)31-3/h4-9H,11H2,1-3H3,(H,24,27)(H,25,29). The van der Waals surface area contributed by atoms with Crippen LogP contribution in [-0.4, -0.2) is 43.5 Å². The molecule has 10 heteroatoms. The van der Waals surface area contributed by atoms with E-state index in [0.29, 0.717) is 22.6 Å². The van der Waals surface area contributed by atoms with Gasteiger partial charge in [-0.3, -0.25) is 14.5 Å². The molecule has 1 unspecified atom stereocenters. The third-order valence-electron chi connectivity index (χ3n) is 4.92. The van der Waals surface area contributed by atoms with Crippen molar-refractivity contribution in [3.05, 3.63) is 52.5 Å². The molecule has 2 aromatic carbocycles. The number of urea groups is 1. The van der Waals surface area contributed by atoms with Gasteiger partial charge in [0.2, 0.25) is 5.91 Å². The Bertz CT molecular complexity index is 1100. The van der Waals surface area contributed by atoms with Gasteiger partial charge in [0.25, 0.3) is 5.91 Å². The largest absolute Gasteiger partial charge is 0.495 e. The third-order valence-corrected chi connectivity index (χ3v) is 5.21. The van der Waals surface area contributed by atoms with E-state index in [-0.39, 0.29) is 10.7 Å². The first kappa shape index (κ1) is 21.9. The predicted molar refractivity (Wildman–Crippen MR) is 112 cm³/mol. The normalized spacial score (nSPS) is 17.7. The van der Waals surface area contributed by atoms with Gasteiger partial charge in [0.05, 0.1) is 36.6 Å². The van der Waals surface area contributed by atoms with E-state index in [1.807, 2.05) is 6.07 Å². The van der Waals surface area contributed by atoms with Gasteiger partial charge in [-0.2, -0.15) is 5.26 Å². The van der Waals surface area contributed by atoms with Crippen LogP contribution in [-0.2, 0) is 15.1 Å². The molecule has 31 heavy (non-hydrogen) atoms. The van der Waals surface area contributed by atoms with Crippen molar-refractivity contribution in [1.82, 2.24) is 10.2 Å². The van der Waals surface area contributed by atoms with Gasteiger partial charge < -0.3 is 20.1 Å². The highest BCUT2D eigenvalue weighted by Gasteiger charge is 2.49. The zero-order valence-corrected chi connectivity index (χ0v) is 17.7. The Labute approximate surface area is 183 Å². The van der Waals surface area contributed by atoms with E-state index in [1.54, 1.807) is 31.2 Å². The fourth-order valence-electron chi connectivity index (χ4n) is 3.21. The van der Waals surface area contributed by atoms with Gasteiger partial charge in [0.1, 0.15) is 23.6 Å². The van der Waals surface area contributed by atoms with Gasteiger partial charge in [-0.1, -0.05) is 23.7 Å². The number of hydrogen-bond donors (Lipinski definition) is 2. The lowest BCUT2D eigenvalue weighted by atomic mass is 9.91. The van der Waals surface area contributed by atoms with Gasteiger partial charge in [0, 0.05) is 6.07 Å². The zero-order valence-electron chi connectivity index (χ0n) is 17.0. The molecule has 0 aromatic heterocycles. The number of ether oxygens (including phenoxy) is 2. The van der Waals surface area contributed by atoms with E-state index in [9.17, 15) is 14.4 Å². The minimum Gasteiger partial charge on any atom is -0.495 e. The second kappa shape index (κ2) is 8.53. The molecule has 1 aliphatic rings. The summed E-state index contributed by atoms with van der Waals surface area (Å²) in [6.07, 6.45) is 0. The fourth-order valence-corrected chi connectivity index (χ4v) is 3.45. The summed E-state index contributed by atoms with van der Waals surface area (Å²) in [4.78, 5) is 38.8. The van der Waals surface area contributed by atoms with Crippen molar-refractivity contribution in [2.75, 3.05) is 26.1 Å². The highest BCUT2D eigenvalue weighted by molar-refractivity contribution is 6.32. The number of rotatable bonds is 6. The summed E-state index contributed by atoms with van der Waals surface area (Å²) in [5, 5.41) is 14.4. The first-order valence-corrected chi connectivity index (χ1v) is 9.47. The van der Waals surface area contributed by atoms with Gasteiger partial charge in [0.15, 0.2) is 0 Å². The molecule has 0 radical (unpaired) electrons. The van der Waals surface area contributed by atoms with Gasteiger partial charge in [-0.15, -0.1) is 0 Å². The molecule has 9 nitrogen and oxygen atoms in total. The lowest BCUT2D eigenvalue weighted by Gasteiger charge is -2.22. The number of nitriles is 1. The predicted octanol–water partition coefficient (Wildman–Crippen LogP) is 2.63. The molecule has 2 aromatic rings. The van der Waals surface area contributed by atoms with Crippen molar-refractivity contribution in [1.29, 1.82) is 5.26 Å². The molecular weight excluding hydrogens is 424 g/mol. The summed E-state index contributed by atoms with van der Waals surface area (Å²) in [5.41, 5.74) is -0.170. The maximum atomic E-state index is 13.0. The molecular formula is C21H19ClN4O5. The number of benzene rings is 2. The van der Waals surface area contributed by atoms with Crippen molar-refractivity contribution < 1.29 is 23.9 Å². The summed E-state index contributed by atoms with van der Waals surface area (Å²) in [6.45, 7) is 1.03. The molecule has 4 amide bonds. The Morgan fingerprint density at radius 3 is 2.42 bits per heavy atom. The van der Waals surface area contributed by atoms with Crippen LogP contribution in [0.3, 0.4) is 0 Å².